The number of benzene rings is 2. The average Bonchev–Trinajstić information content (AvgIpc) is 2.75. The van der Waals surface area contributed by atoms with Crippen LogP contribution in [0, 0.1) is 5.41 Å². The maximum Gasteiger partial charge on any atom is 0.332 e. The van der Waals surface area contributed by atoms with Crippen molar-refractivity contribution < 1.29 is 19.1 Å². The maximum atomic E-state index is 13.3. The minimum absolute atomic E-state index is 0.0436. The van der Waals surface area contributed by atoms with Crippen molar-refractivity contribution >= 4 is 39.5 Å². The lowest BCUT2D eigenvalue weighted by Gasteiger charge is -2.42. The fourth-order valence-corrected chi connectivity index (χ4v) is 3.89. The second-order valence-electron chi connectivity index (χ2n) is 7.94. The number of ether oxygens (including phenoxy) is 1. The van der Waals surface area contributed by atoms with E-state index in [4.69, 9.17) is 4.74 Å². The van der Waals surface area contributed by atoms with Gasteiger partial charge in [-0.05, 0) is 62.2 Å². The molecule has 2 aromatic rings. The number of rotatable bonds is 7. The molecule has 0 aliphatic carbocycles. The molecule has 0 atom stereocenters. The van der Waals surface area contributed by atoms with Crippen LogP contribution in [0.1, 0.15) is 19.4 Å². The monoisotopic (exact) mass is 487 g/mol. The van der Waals surface area contributed by atoms with Gasteiger partial charge in [0.25, 0.3) is 0 Å². The van der Waals surface area contributed by atoms with Gasteiger partial charge in [0.05, 0.1) is 6.10 Å². The number of hydrogen-bond donors (Lipinski definition) is 1. The lowest BCUT2D eigenvalue weighted by Crippen LogP contribution is -2.65. The first-order chi connectivity index (χ1) is 14.6. The molecule has 31 heavy (non-hydrogen) atoms. The summed E-state index contributed by atoms with van der Waals surface area (Å²) in [7, 11) is 2.81. The van der Waals surface area contributed by atoms with Crippen molar-refractivity contribution in [2.24, 2.45) is 5.41 Å². The van der Waals surface area contributed by atoms with Crippen LogP contribution in [0.15, 0.2) is 53.0 Å². The second kappa shape index (κ2) is 9.09. The van der Waals surface area contributed by atoms with E-state index in [0.29, 0.717) is 5.75 Å². The number of imide groups is 2. The number of barbiturate groups is 1. The zero-order valence-corrected chi connectivity index (χ0v) is 19.6. The summed E-state index contributed by atoms with van der Waals surface area (Å²) in [5.74, 6) is -0.327. The number of urea groups is 1. The number of halogens is 1. The minimum Gasteiger partial charge on any atom is -0.491 e. The molecule has 1 aliphatic heterocycles. The molecular formula is C23H26BrN3O4. The van der Waals surface area contributed by atoms with E-state index in [9.17, 15) is 14.4 Å². The fourth-order valence-electron chi connectivity index (χ4n) is 3.62. The summed E-state index contributed by atoms with van der Waals surface area (Å²) in [6.07, 6.45) is 0.195. The molecule has 2 aromatic carbocycles. The lowest BCUT2D eigenvalue weighted by molar-refractivity contribution is -0.156. The Bertz CT molecular complexity index is 949. The van der Waals surface area contributed by atoms with Crippen molar-refractivity contribution in [3.63, 3.8) is 0 Å². The fraction of sp³-hybridized carbons (Fsp3) is 0.348. The Labute approximate surface area is 190 Å². The Morgan fingerprint density at radius 1 is 0.935 bits per heavy atom. The zero-order chi connectivity index (χ0) is 22.8. The van der Waals surface area contributed by atoms with Crippen molar-refractivity contribution in [3.8, 4) is 5.75 Å². The van der Waals surface area contributed by atoms with Gasteiger partial charge >= 0.3 is 6.03 Å². The predicted octanol–water partition coefficient (Wildman–Crippen LogP) is 3.93. The summed E-state index contributed by atoms with van der Waals surface area (Å²) in [5.41, 5.74) is 0.114. The summed E-state index contributed by atoms with van der Waals surface area (Å²) in [5, 5.41) is 3.21. The Morgan fingerprint density at radius 3 is 2.00 bits per heavy atom. The third-order valence-corrected chi connectivity index (χ3v) is 5.77. The zero-order valence-electron chi connectivity index (χ0n) is 18.0. The van der Waals surface area contributed by atoms with Crippen molar-refractivity contribution in [1.82, 2.24) is 9.80 Å². The smallest absolute Gasteiger partial charge is 0.332 e. The van der Waals surface area contributed by atoms with Gasteiger partial charge in [-0.15, -0.1) is 0 Å². The number of hydrogen-bond acceptors (Lipinski definition) is 5. The molecule has 0 saturated carbocycles. The van der Waals surface area contributed by atoms with Gasteiger partial charge in [-0.1, -0.05) is 28.1 Å². The average molecular weight is 488 g/mol. The third kappa shape index (κ3) is 4.74. The van der Waals surface area contributed by atoms with Crippen molar-refractivity contribution in [2.45, 2.75) is 26.4 Å². The second-order valence-corrected chi connectivity index (χ2v) is 8.86. The van der Waals surface area contributed by atoms with Crippen LogP contribution in [0.25, 0.3) is 0 Å². The van der Waals surface area contributed by atoms with Crippen LogP contribution < -0.4 is 10.1 Å². The molecule has 8 heteroatoms. The maximum absolute atomic E-state index is 13.3. The van der Waals surface area contributed by atoms with Crippen LogP contribution in [0.2, 0.25) is 0 Å². The van der Waals surface area contributed by atoms with Gasteiger partial charge in [0.2, 0.25) is 11.8 Å². The van der Waals surface area contributed by atoms with Gasteiger partial charge in [-0.25, -0.2) is 4.79 Å². The molecule has 1 fully saturated rings. The molecule has 3 rings (SSSR count). The summed E-state index contributed by atoms with van der Waals surface area (Å²) in [4.78, 5) is 40.9. The van der Waals surface area contributed by atoms with Crippen LogP contribution in [-0.4, -0.2) is 54.4 Å². The number of carbonyl (C=O) groups excluding carboxylic acids is 3. The molecule has 0 bridgehead atoms. The molecule has 1 saturated heterocycles. The number of amides is 4. The first-order valence-electron chi connectivity index (χ1n) is 9.99. The highest BCUT2D eigenvalue weighted by atomic mass is 79.9. The number of anilines is 1. The molecular weight excluding hydrogens is 462 g/mol. The molecule has 0 unspecified atom stereocenters. The van der Waals surface area contributed by atoms with Gasteiger partial charge in [0.1, 0.15) is 11.2 Å². The van der Waals surface area contributed by atoms with E-state index in [1.807, 2.05) is 62.4 Å². The Morgan fingerprint density at radius 2 is 1.48 bits per heavy atom. The van der Waals surface area contributed by atoms with E-state index < -0.39 is 23.3 Å². The highest BCUT2D eigenvalue weighted by Crippen LogP contribution is 2.33. The number of nitrogens with one attached hydrogen (secondary N) is 1. The van der Waals surface area contributed by atoms with E-state index in [1.165, 1.54) is 14.1 Å². The Kier molecular flexibility index (Phi) is 6.69. The summed E-state index contributed by atoms with van der Waals surface area (Å²) in [6, 6.07) is 14.1. The largest absolute Gasteiger partial charge is 0.491 e. The highest BCUT2D eigenvalue weighted by molar-refractivity contribution is 9.10. The van der Waals surface area contributed by atoms with Crippen LogP contribution in [-0.2, 0) is 16.0 Å². The van der Waals surface area contributed by atoms with E-state index >= 15 is 0 Å². The van der Waals surface area contributed by atoms with Crippen molar-refractivity contribution in [3.05, 3.63) is 58.6 Å². The lowest BCUT2D eigenvalue weighted by atomic mass is 9.77. The van der Waals surface area contributed by atoms with E-state index in [0.717, 1.165) is 25.5 Å². The topological polar surface area (TPSA) is 79.0 Å². The molecule has 1 heterocycles. The van der Waals surface area contributed by atoms with Crippen LogP contribution in [0.3, 0.4) is 0 Å². The van der Waals surface area contributed by atoms with Crippen LogP contribution >= 0.6 is 15.9 Å². The first kappa shape index (κ1) is 22.8. The van der Waals surface area contributed by atoms with Gasteiger partial charge in [-0.2, -0.15) is 0 Å². The third-order valence-electron chi connectivity index (χ3n) is 5.24. The molecule has 0 radical (unpaired) electrons. The summed E-state index contributed by atoms with van der Waals surface area (Å²) in [6.45, 7) is 3.94. The highest BCUT2D eigenvalue weighted by Gasteiger charge is 2.55. The van der Waals surface area contributed by atoms with Gasteiger partial charge in [0.15, 0.2) is 0 Å². The van der Waals surface area contributed by atoms with Crippen LogP contribution in [0.5, 0.6) is 5.75 Å². The van der Waals surface area contributed by atoms with Gasteiger partial charge in [-0.3, -0.25) is 19.4 Å². The molecule has 7 nitrogen and oxygen atoms in total. The molecule has 4 amide bonds. The van der Waals surface area contributed by atoms with E-state index in [2.05, 4.69) is 21.2 Å². The molecule has 0 aromatic heterocycles. The predicted molar refractivity (Wildman–Crippen MR) is 122 cm³/mol. The van der Waals surface area contributed by atoms with Crippen molar-refractivity contribution in [2.75, 3.05) is 26.0 Å². The number of nitrogens with zero attached hydrogens (tertiary/aromatic N) is 2. The SMILES string of the molecule is CC(C)Oc1ccc(CC2(CNc3ccc(Br)cc3)C(=O)N(C)C(=O)N(C)C2=O)cc1. The Hall–Kier alpha value is -2.87. The summed E-state index contributed by atoms with van der Waals surface area (Å²) < 4.78 is 6.60. The molecule has 164 valence electrons. The van der Waals surface area contributed by atoms with Crippen molar-refractivity contribution in [1.29, 1.82) is 0 Å². The molecule has 1 aliphatic rings. The Balaban J connectivity index is 1.93. The van der Waals surface area contributed by atoms with Crippen LogP contribution in [0.4, 0.5) is 10.5 Å². The molecule has 0 spiro atoms. The van der Waals surface area contributed by atoms with Gasteiger partial charge in [0, 0.05) is 30.8 Å². The molecule has 1 N–H and O–H groups in total. The number of carbonyl (C=O) groups is 3. The van der Waals surface area contributed by atoms with Gasteiger partial charge < -0.3 is 10.1 Å². The standard InChI is InChI=1S/C23H26BrN3O4/c1-15(2)31-19-11-5-16(6-12-19)13-23(14-25-18-9-7-17(24)8-10-18)20(28)26(3)22(30)27(4)21(23)29/h5-12,15,25H,13-14H2,1-4H3. The summed E-state index contributed by atoms with van der Waals surface area (Å²) >= 11 is 3.39. The normalized spacial score (nSPS) is 16.1. The van der Waals surface area contributed by atoms with E-state index in [-0.39, 0.29) is 19.1 Å². The quantitative estimate of drug-likeness (QED) is 0.598. The van der Waals surface area contributed by atoms with E-state index in [1.54, 1.807) is 0 Å². The first-order valence-corrected chi connectivity index (χ1v) is 10.8. The minimum atomic E-state index is -1.45.